The van der Waals surface area contributed by atoms with Crippen LogP contribution in [0.3, 0.4) is 0 Å². The van der Waals surface area contributed by atoms with Crippen LogP contribution in [0, 0.1) is 0 Å². The van der Waals surface area contributed by atoms with E-state index in [1.54, 1.807) is 13.8 Å². The Kier molecular flexibility index (Phi) is 9.07. The van der Waals surface area contributed by atoms with Crippen LogP contribution in [0.25, 0.3) is 0 Å². The minimum absolute atomic E-state index is 0. The molecule has 2 rings (SSSR count). The maximum atomic E-state index is 11.2. The van der Waals surface area contributed by atoms with E-state index in [1.807, 2.05) is 0 Å². The van der Waals surface area contributed by atoms with E-state index in [9.17, 15) is 36.2 Å². The van der Waals surface area contributed by atoms with E-state index in [0.29, 0.717) is 0 Å². The Morgan fingerprint density at radius 2 is 1.04 bits per heavy atom. The first-order valence-electron chi connectivity index (χ1n) is 6.83. The van der Waals surface area contributed by atoms with Crippen molar-refractivity contribution < 1.29 is 95.3 Å². The van der Waals surface area contributed by atoms with Gasteiger partial charge in [-0.1, -0.05) is 26.0 Å². The Morgan fingerprint density at radius 3 is 1.30 bits per heavy atom. The van der Waals surface area contributed by atoms with Crippen LogP contribution in [0.2, 0.25) is 0 Å². The Labute approximate surface area is 201 Å². The molecule has 0 unspecified atom stereocenters. The standard InChI is InChI=1S/C15H16O8S2.2Na/c1-15(2,9-3-5-11(16)13(7-9)24(18,19)20)10-4-6-12(17)14(8-10)25(21,22)23;;/h3-8,16-17H,1-2H3,(H,18,19,20)(H,21,22,23);;/q;2*+1/p-2. The zero-order valence-electron chi connectivity index (χ0n) is 15.1. The molecule has 0 heterocycles. The van der Waals surface area contributed by atoms with Crippen LogP contribution in [0.1, 0.15) is 25.0 Å². The van der Waals surface area contributed by atoms with Gasteiger partial charge in [0.05, 0.1) is 9.79 Å². The fourth-order valence-electron chi connectivity index (χ4n) is 2.37. The predicted molar refractivity (Wildman–Crippen MR) is 84.3 cm³/mol. The molecule has 0 fully saturated rings. The molecule has 0 aliphatic carbocycles. The Bertz CT molecular complexity index is 964. The third-order valence-corrected chi connectivity index (χ3v) is 5.63. The summed E-state index contributed by atoms with van der Waals surface area (Å²) in [5.41, 5.74) is -0.486. The van der Waals surface area contributed by atoms with Crippen LogP contribution in [0.15, 0.2) is 46.2 Å². The van der Waals surface area contributed by atoms with E-state index in [1.165, 1.54) is 12.1 Å². The van der Waals surface area contributed by atoms with Gasteiger partial charge in [-0.2, -0.15) is 0 Å². The third-order valence-electron chi connectivity index (χ3n) is 3.90. The first-order valence-corrected chi connectivity index (χ1v) is 9.65. The van der Waals surface area contributed by atoms with E-state index in [2.05, 4.69) is 0 Å². The van der Waals surface area contributed by atoms with Gasteiger partial charge in [-0.15, -0.1) is 0 Å². The van der Waals surface area contributed by atoms with Gasteiger partial charge in [-0.3, -0.25) is 0 Å². The van der Waals surface area contributed by atoms with Crippen LogP contribution in [-0.2, 0) is 25.7 Å². The normalized spacial score (nSPS) is 12.0. The zero-order chi connectivity index (χ0) is 19.2. The molecule has 136 valence electrons. The molecule has 0 radical (unpaired) electrons. The smallest absolute Gasteiger partial charge is 0.744 e. The van der Waals surface area contributed by atoms with Crippen molar-refractivity contribution in [2.24, 2.45) is 0 Å². The van der Waals surface area contributed by atoms with Crippen molar-refractivity contribution in [2.75, 3.05) is 0 Å². The molecule has 27 heavy (non-hydrogen) atoms. The average molecular weight is 432 g/mol. The number of phenolic OH excluding ortho intramolecular Hbond substituents is 2. The number of rotatable bonds is 4. The van der Waals surface area contributed by atoms with Crippen molar-refractivity contribution in [3.8, 4) is 11.5 Å². The quantitative estimate of drug-likeness (QED) is 0.361. The molecule has 0 atom stereocenters. The summed E-state index contributed by atoms with van der Waals surface area (Å²) < 4.78 is 67.4. The van der Waals surface area contributed by atoms with Crippen LogP contribution in [0.5, 0.6) is 11.5 Å². The summed E-state index contributed by atoms with van der Waals surface area (Å²) in [6.45, 7) is 3.18. The van der Waals surface area contributed by atoms with Gasteiger partial charge in [0.2, 0.25) is 0 Å². The van der Waals surface area contributed by atoms with Crippen LogP contribution in [0.4, 0.5) is 0 Å². The first-order chi connectivity index (χ1) is 11.2. The van der Waals surface area contributed by atoms with Gasteiger partial charge in [0.1, 0.15) is 31.7 Å². The monoisotopic (exact) mass is 432 g/mol. The van der Waals surface area contributed by atoms with E-state index in [4.69, 9.17) is 0 Å². The molecule has 0 saturated carbocycles. The van der Waals surface area contributed by atoms with E-state index in [0.717, 1.165) is 24.3 Å². The molecule has 2 aromatic rings. The molecule has 0 saturated heterocycles. The summed E-state index contributed by atoms with van der Waals surface area (Å²) in [7, 11) is -9.84. The van der Waals surface area contributed by atoms with Gasteiger partial charge in [0.15, 0.2) is 0 Å². The molecule has 2 N–H and O–H groups in total. The van der Waals surface area contributed by atoms with Crippen molar-refractivity contribution in [1.29, 1.82) is 0 Å². The van der Waals surface area contributed by atoms with Gasteiger partial charge in [0, 0.05) is 5.41 Å². The first kappa shape index (κ1) is 26.9. The molecule has 0 spiro atoms. The Balaban J connectivity index is 0.00000338. The molecule has 0 aromatic heterocycles. The summed E-state index contributed by atoms with van der Waals surface area (Å²) in [5.74, 6) is -1.41. The summed E-state index contributed by atoms with van der Waals surface area (Å²) >= 11 is 0. The summed E-state index contributed by atoms with van der Waals surface area (Å²) in [4.78, 5) is -1.62. The topological polar surface area (TPSA) is 155 Å². The van der Waals surface area contributed by atoms with Gasteiger partial charge in [-0.25, -0.2) is 16.8 Å². The van der Waals surface area contributed by atoms with Gasteiger partial charge < -0.3 is 19.3 Å². The summed E-state index contributed by atoms with van der Waals surface area (Å²) in [6, 6.07) is 6.76. The SMILES string of the molecule is CC(C)(c1ccc(O)c(S(=O)(=O)[O-])c1)c1ccc(O)c(S(=O)(=O)[O-])c1.[Na+].[Na+]. The minimum Gasteiger partial charge on any atom is -0.744 e. The maximum Gasteiger partial charge on any atom is 1.00 e. The summed E-state index contributed by atoms with van der Waals surface area (Å²) in [5, 5.41) is 19.1. The van der Waals surface area contributed by atoms with Crippen LogP contribution in [-0.4, -0.2) is 36.2 Å². The number of hydrogen-bond donors (Lipinski definition) is 2. The van der Waals surface area contributed by atoms with E-state index >= 15 is 0 Å². The van der Waals surface area contributed by atoms with Gasteiger partial charge in [0.25, 0.3) is 0 Å². The van der Waals surface area contributed by atoms with Crippen molar-refractivity contribution >= 4 is 20.2 Å². The fraction of sp³-hybridized carbons (Fsp3) is 0.200. The second kappa shape index (κ2) is 9.12. The largest absolute Gasteiger partial charge is 1.00 e. The molecular weight excluding hydrogens is 418 g/mol. The average Bonchev–Trinajstić information content (AvgIpc) is 2.45. The molecule has 12 heteroatoms. The number of benzene rings is 2. The van der Waals surface area contributed by atoms with Gasteiger partial charge in [-0.05, 0) is 35.4 Å². The molecule has 0 bridgehead atoms. The van der Waals surface area contributed by atoms with Crippen LogP contribution < -0.4 is 59.1 Å². The third kappa shape index (κ3) is 5.92. The number of phenols is 2. The summed E-state index contributed by atoms with van der Waals surface area (Å²) in [6.07, 6.45) is 0. The molecule has 0 amide bonds. The number of hydrogen-bond acceptors (Lipinski definition) is 8. The Morgan fingerprint density at radius 1 is 0.741 bits per heavy atom. The number of aromatic hydroxyl groups is 2. The maximum absolute atomic E-state index is 11.2. The van der Waals surface area contributed by atoms with E-state index < -0.39 is 46.9 Å². The second-order valence-corrected chi connectivity index (χ2v) is 8.59. The van der Waals surface area contributed by atoms with Crippen molar-refractivity contribution in [3.05, 3.63) is 47.5 Å². The predicted octanol–water partition coefficient (Wildman–Crippen LogP) is -4.76. The van der Waals surface area contributed by atoms with Crippen molar-refractivity contribution in [2.45, 2.75) is 29.1 Å². The van der Waals surface area contributed by atoms with E-state index in [-0.39, 0.29) is 70.2 Å². The second-order valence-electron chi connectivity index (χ2n) is 5.90. The molecule has 0 aliphatic rings. The van der Waals surface area contributed by atoms with Crippen LogP contribution >= 0.6 is 0 Å². The van der Waals surface area contributed by atoms with Crippen molar-refractivity contribution in [1.82, 2.24) is 0 Å². The molecule has 2 aromatic carbocycles. The molecular formula is C15H14Na2O8S2. The fourth-order valence-corrected chi connectivity index (χ4v) is 3.56. The Hall–Kier alpha value is -0.140. The van der Waals surface area contributed by atoms with Crippen molar-refractivity contribution in [3.63, 3.8) is 0 Å². The van der Waals surface area contributed by atoms with Gasteiger partial charge >= 0.3 is 59.1 Å². The minimum atomic E-state index is -4.92. The molecule has 8 nitrogen and oxygen atoms in total. The molecule has 0 aliphatic heterocycles. The zero-order valence-corrected chi connectivity index (χ0v) is 20.8.